The Balaban J connectivity index is 1.78. The molecule has 0 spiro atoms. The summed E-state index contributed by atoms with van der Waals surface area (Å²) in [4.78, 5) is 17.0. The smallest absolute Gasteiger partial charge is 0.251 e. The van der Waals surface area contributed by atoms with Gasteiger partial charge in [0.25, 0.3) is 5.91 Å². The first-order valence-corrected chi connectivity index (χ1v) is 9.48. The summed E-state index contributed by atoms with van der Waals surface area (Å²) in [5.41, 5.74) is 2.80. The fourth-order valence-corrected chi connectivity index (χ4v) is 3.09. The van der Waals surface area contributed by atoms with Crippen molar-refractivity contribution in [2.75, 3.05) is 27.9 Å². The molecule has 1 aromatic heterocycles. The third-order valence-electron chi connectivity index (χ3n) is 4.69. The van der Waals surface area contributed by atoms with Crippen LogP contribution in [0.2, 0.25) is 0 Å². The van der Waals surface area contributed by atoms with Gasteiger partial charge in [0, 0.05) is 19.1 Å². The first kappa shape index (κ1) is 20.7. The van der Waals surface area contributed by atoms with Gasteiger partial charge in [-0.25, -0.2) is 4.98 Å². The fraction of sp³-hybridized carbons (Fsp3) is 0.364. The summed E-state index contributed by atoms with van der Waals surface area (Å²) in [7, 11) is 4.82. The van der Waals surface area contributed by atoms with Crippen molar-refractivity contribution in [2.24, 2.45) is 0 Å². The van der Waals surface area contributed by atoms with Crippen molar-refractivity contribution in [1.82, 2.24) is 10.3 Å². The number of benzene rings is 2. The molecular weight excluding hydrogens is 372 g/mol. The van der Waals surface area contributed by atoms with Crippen LogP contribution in [0.5, 0.6) is 11.5 Å². The molecule has 1 unspecified atom stereocenters. The highest BCUT2D eigenvalue weighted by molar-refractivity contribution is 5.97. The predicted octanol–water partition coefficient (Wildman–Crippen LogP) is 3.59. The Labute approximate surface area is 170 Å². The highest BCUT2D eigenvalue weighted by Gasteiger charge is 2.15. The van der Waals surface area contributed by atoms with Gasteiger partial charge in [-0.3, -0.25) is 4.79 Å². The van der Waals surface area contributed by atoms with Crippen LogP contribution in [-0.2, 0) is 11.2 Å². The largest absolute Gasteiger partial charge is 0.493 e. The average molecular weight is 398 g/mol. The summed E-state index contributed by atoms with van der Waals surface area (Å²) >= 11 is 0. The second-order valence-corrected chi connectivity index (χ2v) is 6.69. The minimum absolute atomic E-state index is 0.0291. The zero-order valence-electron chi connectivity index (χ0n) is 17.2. The van der Waals surface area contributed by atoms with Gasteiger partial charge in [0.05, 0.1) is 26.9 Å². The lowest BCUT2D eigenvalue weighted by Crippen LogP contribution is -2.37. The molecule has 0 radical (unpaired) electrons. The Morgan fingerprint density at radius 3 is 2.59 bits per heavy atom. The number of methoxy groups -OCH3 is 3. The fourth-order valence-electron chi connectivity index (χ4n) is 3.09. The number of aromatic nitrogens is 1. The minimum atomic E-state index is -0.159. The van der Waals surface area contributed by atoms with Crippen molar-refractivity contribution in [2.45, 2.75) is 25.8 Å². The van der Waals surface area contributed by atoms with Gasteiger partial charge in [-0.15, -0.1) is 0 Å². The van der Waals surface area contributed by atoms with Gasteiger partial charge in [-0.05, 0) is 42.3 Å². The summed E-state index contributed by atoms with van der Waals surface area (Å²) in [5.74, 6) is 1.73. The highest BCUT2D eigenvalue weighted by atomic mass is 16.5. The molecule has 3 rings (SSSR count). The summed E-state index contributed by atoms with van der Waals surface area (Å²) in [6.07, 6.45) is 1.29. The lowest BCUT2D eigenvalue weighted by molar-refractivity contribution is 0.0894. The molecule has 7 heteroatoms. The first-order valence-electron chi connectivity index (χ1n) is 9.48. The van der Waals surface area contributed by atoms with Crippen LogP contribution < -0.4 is 14.8 Å². The third-order valence-corrected chi connectivity index (χ3v) is 4.69. The van der Waals surface area contributed by atoms with Crippen LogP contribution in [0.25, 0.3) is 11.1 Å². The van der Waals surface area contributed by atoms with Gasteiger partial charge < -0.3 is 23.9 Å². The molecule has 1 amide bonds. The van der Waals surface area contributed by atoms with Crippen molar-refractivity contribution in [3.8, 4) is 11.5 Å². The van der Waals surface area contributed by atoms with E-state index in [4.69, 9.17) is 18.6 Å². The molecule has 29 heavy (non-hydrogen) atoms. The lowest BCUT2D eigenvalue weighted by atomic mass is 10.1. The number of fused-ring (bicyclic) bond motifs is 1. The van der Waals surface area contributed by atoms with Gasteiger partial charge in [-0.1, -0.05) is 13.0 Å². The van der Waals surface area contributed by atoms with Gasteiger partial charge in [0.15, 0.2) is 23.0 Å². The zero-order valence-corrected chi connectivity index (χ0v) is 17.2. The second kappa shape index (κ2) is 9.43. The number of ether oxygens (including phenoxy) is 3. The van der Waals surface area contributed by atoms with E-state index >= 15 is 0 Å². The molecule has 154 valence electrons. The monoisotopic (exact) mass is 398 g/mol. The zero-order chi connectivity index (χ0) is 20.8. The van der Waals surface area contributed by atoms with Gasteiger partial charge >= 0.3 is 0 Å². The molecule has 0 fully saturated rings. The maximum atomic E-state index is 12.5. The van der Waals surface area contributed by atoms with Crippen molar-refractivity contribution in [3.05, 3.63) is 53.4 Å². The van der Waals surface area contributed by atoms with Crippen LogP contribution in [0.1, 0.15) is 35.2 Å². The molecule has 7 nitrogen and oxygen atoms in total. The molecule has 0 saturated carbocycles. The van der Waals surface area contributed by atoms with Crippen molar-refractivity contribution in [3.63, 3.8) is 0 Å². The Hall–Kier alpha value is -3.06. The van der Waals surface area contributed by atoms with Gasteiger partial charge in [0.1, 0.15) is 5.52 Å². The van der Waals surface area contributed by atoms with E-state index in [1.165, 1.54) is 0 Å². The topological polar surface area (TPSA) is 82.8 Å². The summed E-state index contributed by atoms with van der Waals surface area (Å²) in [6, 6.07) is 10.9. The number of rotatable bonds is 9. The summed E-state index contributed by atoms with van der Waals surface area (Å²) < 4.78 is 21.6. The van der Waals surface area contributed by atoms with Crippen LogP contribution in [-0.4, -0.2) is 44.9 Å². The van der Waals surface area contributed by atoms with E-state index in [1.54, 1.807) is 39.5 Å². The molecule has 0 aliphatic heterocycles. The Morgan fingerprint density at radius 1 is 1.10 bits per heavy atom. The maximum absolute atomic E-state index is 12.5. The van der Waals surface area contributed by atoms with Gasteiger partial charge in [-0.2, -0.15) is 0 Å². The molecule has 0 saturated heterocycles. The number of oxazole rings is 1. The molecule has 0 aliphatic rings. The first-order chi connectivity index (χ1) is 14.1. The second-order valence-electron chi connectivity index (χ2n) is 6.69. The van der Waals surface area contributed by atoms with Gasteiger partial charge in [0.2, 0.25) is 0 Å². The maximum Gasteiger partial charge on any atom is 0.251 e. The van der Waals surface area contributed by atoms with Crippen molar-refractivity contribution < 1.29 is 23.4 Å². The highest BCUT2D eigenvalue weighted by Crippen LogP contribution is 2.29. The van der Waals surface area contributed by atoms with E-state index < -0.39 is 0 Å². The number of hydrogen-bond acceptors (Lipinski definition) is 6. The summed E-state index contributed by atoms with van der Waals surface area (Å²) in [5, 5.41) is 2.97. The molecule has 1 heterocycles. The van der Waals surface area contributed by atoms with Crippen molar-refractivity contribution >= 4 is 17.0 Å². The molecule has 0 bridgehead atoms. The van der Waals surface area contributed by atoms with Crippen LogP contribution in [0.15, 0.2) is 40.8 Å². The Morgan fingerprint density at radius 2 is 1.90 bits per heavy atom. The molecule has 1 N–H and O–H groups in total. The molecular formula is C22H26N2O5. The van der Waals surface area contributed by atoms with Crippen LogP contribution in [0, 0.1) is 0 Å². The van der Waals surface area contributed by atoms with E-state index in [-0.39, 0.29) is 11.9 Å². The van der Waals surface area contributed by atoms with Crippen LogP contribution in [0.4, 0.5) is 0 Å². The van der Waals surface area contributed by atoms with Crippen LogP contribution >= 0.6 is 0 Å². The lowest BCUT2D eigenvalue weighted by Gasteiger charge is -2.15. The minimum Gasteiger partial charge on any atom is -0.493 e. The Bertz CT molecular complexity index is 982. The molecule has 2 aromatic carbocycles. The SMILES string of the molecule is CCC(COC)NC(=O)c1ccc2nc(Cc3ccc(OC)c(OC)c3)oc2c1. The van der Waals surface area contributed by atoms with E-state index in [0.29, 0.717) is 47.1 Å². The number of carbonyl (C=O) groups excluding carboxylic acids is 1. The Kier molecular flexibility index (Phi) is 6.72. The number of hydrogen-bond donors (Lipinski definition) is 1. The number of carbonyl (C=O) groups is 1. The standard InChI is InChI=1S/C22H26N2O5/c1-5-16(13-26-2)23-22(25)15-7-8-17-19(12-15)29-21(24-17)11-14-6-9-18(27-3)20(10-14)28-4/h6-10,12,16H,5,11,13H2,1-4H3,(H,23,25). The van der Waals surface area contributed by atoms with E-state index in [9.17, 15) is 4.79 Å². The molecule has 1 atom stereocenters. The number of nitrogens with zero attached hydrogens (tertiary/aromatic N) is 1. The van der Waals surface area contributed by atoms with Crippen LogP contribution in [0.3, 0.4) is 0 Å². The van der Waals surface area contributed by atoms with E-state index in [0.717, 1.165) is 12.0 Å². The molecule has 3 aromatic rings. The van der Waals surface area contributed by atoms with E-state index in [1.807, 2.05) is 25.1 Å². The molecule has 0 aliphatic carbocycles. The normalized spacial score (nSPS) is 12.0. The van der Waals surface area contributed by atoms with Crippen molar-refractivity contribution in [1.29, 1.82) is 0 Å². The predicted molar refractivity (Wildman–Crippen MR) is 110 cm³/mol. The average Bonchev–Trinajstić information content (AvgIpc) is 3.14. The van der Waals surface area contributed by atoms with E-state index in [2.05, 4.69) is 10.3 Å². The third kappa shape index (κ3) is 4.86. The number of nitrogens with one attached hydrogen (secondary N) is 1. The summed E-state index contributed by atoms with van der Waals surface area (Å²) in [6.45, 7) is 2.48. The quantitative estimate of drug-likeness (QED) is 0.593. The number of amides is 1.